The predicted octanol–water partition coefficient (Wildman–Crippen LogP) is 6.26. The van der Waals surface area contributed by atoms with E-state index in [1.54, 1.807) is 0 Å². The lowest BCUT2D eigenvalue weighted by Gasteiger charge is -2.26. The van der Waals surface area contributed by atoms with Crippen molar-refractivity contribution in [3.8, 4) is 11.5 Å². The quantitative estimate of drug-likeness (QED) is 0.317. The second-order valence-electron chi connectivity index (χ2n) is 7.14. The maximum atomic E-state index is 14.3. The molecule has 0 unspecified atom stereocenters. The summed E-state index contributed by atoms with van der Waals surface area (Å²) in [5.74, 6) is -0.841. The summed E-state index contributed by atoms with van der Waals surface area (Å²) in [6.07, 6.45) is 7.64. The van der Waals surface area contributed by atoms with E-state index < -0.39 is 18.2 Å². The normalized spacial score (nSPS) is 19.6. The minimum atomic E-state index is -3.10. The standard InChI is InChI=1S/C22H23F3O3/c1-2-3-4-14-5-7-15(8-6-14)21(26)27-17-10-11-18-16(13-17)9-12-19(20(18)23)28-22(24)25/h2,9-15,22H,1,3-8H2. The van der Waals surface area contributed by atoms with Crippen molar-refractivity contribution >= 4 is 16.7 Å². The Morgan fingerprint density at radius 3 is 2.61 bits per heavy atom. The van der Waals surface area contributed by atoms with Gasteiger partial charge < -0.3 is 9.47 Å². The summed E-state index contributed by atoms with van der Waals surface area (Å²) in [6.45, 7) is 0.643. The molecule has 0 amide bonds. The average Bonchev–Trinajstić information content (AvgIpc) is 2.68. The third-order valence-electron chi connectivity index (χ3n) is 5.28. The first-order valence-corrected chi connectivity index (χ1v) is 9.47. The number of benzene rings is 2. The monoisotopic (exact) mass is 392 g/mol. The largest absolute Gasteiger partial charge is 0.432 e. The van der Waals surface area contributed by atoms with Crippen molar-refractivity contribution in [1.82, 2.24) is 0 Å². The summed E-state index contributed by atoms with van der Waals surface area (Å²) in [7, 11) is 0. The predicted molar refractivity (Wildman–Crippen MR) is 101 cm³/mol. The molecule has 0 saturated heterocycles. The molecule has 0 aromatic heterocycles. The first kappa shape index (κ1) is 20.2. The Kier molecular flexibility index (Phi) is 6.60. The van der Waals surface area contributed by atoms with Gasteiger partial charge in [0.15, 0.2) is 11.6 Å². The first-order chi connectivity index (χ1) is 13.5. The molecule has 1 aliphatic rings. The maximum absolute atomic E-state index is 14.3. The molecule has 28 heavy (non-hydrogen) atoms. The molecule has 1 fully saturated rings. The van der Waals surface area contributed by atoms with Crippen molar-refractivity contribution in [2.45, 2.75) is 45.1 Å². The molecule has 2 aromatic rings. The van der Waals surface area contributed by atoms with Gasteiger partial charge in [-0.25, -0.2) is 4.39 Å². The number of hydrogen-bond acceptors (Lipinski definition) is 3. The number of carbonyl (C=O) groups excluding carboxylic acids is 1. The van der Waals surface area contributed by atoms with Crippen molar-refractivity contribution < 1.29 is 27.4 Å². The lowest BCUT2D eigenvalue weighted by molar-refractivity contribution is -0.140. The molecule has 0 spiro atoms. The van der Waals surface area contributed by atoms with Gasteiger partial charge in [-0.15, -0.1) is 6.58 Å². The van der Waals surface area contributed by atoms with E-state index in [9.17, 15) is 18.0 Å². The van der Waals surface area contributed by atoms with Crippen LogP contribution in [0.15, 0.2) is 43.0 Å². The van der Waals surface area contributed by atoms with Gasteiger partial charge in [0.1, 0.15) is 5.75 Å². The highest BCUT2D eigenvalue weighted by Gasteiger charge is 2.27. The molecule has 6 heteroatoms. The van der Waals surface area contributed by atoms with Gasteiger partial charge in [-0.05, 0) is 74.1 Å². The number of esters is 1. The van der Waals surface area contributed by atoms with Gasteiger partial charge >= 0.3 is 12.6 Å². The second-order valence-corrected chi connectivity index (χ2v) is 7.14. The van der Waals surface area contributed by atoms with Gasteiger partial charge in [0, 0.05) is 5.39 Å². The second kappa shape index (κ2) is 9.13. The molecule has 1 aliphatic carbocycles. The fourth-order valence-electron chi connectivity index (χ4n) is 3.74. The van der Waals surface area contributed by atoms with Crippen LogP contribution >= 0.6 is 0 Å². The molecule has 0 atom stereocenters. The molecule has 0 aliphatic heterocycles. The highest BCUT2D eigenvalue weighted by molar-refractivity contribution is 5.87. The number of fused-ring (bicyclic) bond motifs is 1. The molecular formula is C22H23F3O3. The minimum Gasteiger partial charge on any atom is -0.432 e. The Morgan fingerprint density at radius 2 is 1.93 bits per heavy atom. The number of allylic oxidation sites excluding steroid dienone is 1. The highest BCUT2D eigenvalue weighted by atomic mass is 19.3. The van der Waals surface area contributed by atoms with E-state index >= 15 is 0 Å². The van der Waals surface area contributed by atoms with Gasteiger partial charge in [-0.2, -0.15) is 8.78 Å². The molecule has 2 aromatic carbocycles. The molecule has 150 valence electrons. The average molecular weight is 392 g/mol. The molecule has 0 N–H and O–H groups in total. The summed E-state index contributed by atoms with van der Waals surface area (Å²) in [5, 5.41) is 0.568. The van der Waals surface area contributed by atoms with Crippen LogP contribution in [0.25, 0.3) is 10.8 Å². The Balaban J connectivity index is 1.64. The smallest absolute Gasteiger partial charge is 0.387 e. The topological polar surface area (TPSA) is 35.5 Å². The Labute approximate surface area is 162 Å². The van der Waals surface area contributed by atoms with Crippen LogP contribution < -0.4 is 9.47 Å². The number of halogens is 3. The highest BCUT2D eigenvalue weighted by Crippen LogP contribution is 2.34. The molecule has 0 heterocycles. The summed E-state index contributed by atoms with van der Waals surface area (Å²) in [4.78, 5) is 12.5. The zero-order valence-electron chi connectivity index (χ0n) is 15.5. The lowest BCUT2D eigenvalue weighted by atomic mass is 9.80. The number of hydrogen-bond donors (Lipinski definition) is 0. The van der Waals surface area contributed by atoms with Crippen LogP contribution in [0.1, 0.15) is 38.5 Å². The van der Waals surface area contributed by atoms with E-state index in [1.807, 2.05) is 6.08 Å². The van der Waals surface area contributed by atoms with Gasteiger partial charge in [-0.1, -0.05) is 12.1 Å². The van der Waals surface area contributed by atoms with Crippen molar-refractivity contribution in [2.24, 2.45) is 11.8 Å². The minimum absolute atomic E-state index is 0.126. The van der Waals surface area contributed by atoms with Crippen LogP contribution in [-0.4, -0.2) is 12.6 Å². The Hall–Kier alpha value is -2.50. The Bertz CT molecular complexity index is 842. The van der Waals surface area contributed by atoms with Crippen LogP contribution in [0, 0.1) is 17.7 Å². The summed E-state index contributed by atoms with van der Waals surface area (Å²) >= 11 is 0. The summed E-state index contributed by atoms with van der Waals surface area (Å²) < 4.78 is 48.6. The van der Waals surface area contributed by atoms with E-state index in [0.717, 1.165) is 44.6 Å². The molecule has 3 rings (SSSR count). The van der Waals surface area contributed by atoms with Crippen molar-refractivity contribution in [1.29, 1.82) is 0 Å². The van der Waals surface area contributed by atoms with E-state index in [2.05, 4.69) is 11.3 Å². The molecule has 0 bridgehead atoms. The third-order valence-corrected chi connectivity index (χ3v) is 5.28. The van der Waals surface area contributed by atoms with E-state index in [1.165, 1.54) is 24.3 Å². The molecule has 1 saturated carbocycles. The molecule has 0 radical (unpaired) electrons. The van der Waals surface area contributed by atoms with Gasteiger partial charge in [0.2, 0.25) is 0 Å². The lowest BCUT2D eigenvalue weighted by Crippen LogP contribution is -2.25. The summed E-state index contributed by atoms with van der Waals surface area (Å²) in [5.41, 5.74) is 0. The van der Waals surface area contributed by atoms with Crippen LogP contribution in [0.5, 0.6) is 11.5 Å². The van der Waals surface area contributed by atoms with E-state index in [-0.39, 0.29) is 17.3 Å². The van der Waals surface area contributed by atoms with Crippen LogP contribution in [0.2, 0.25) is 0 Å². The number of carbonyl (C=O) groups is 1. The van der Waals surface area contributed by atoms with Gasteiger partial charge in [-0.3, -0.25) is 4.79 Å². The zero-order chi connectivity index (χ0) is 20.1. The van der Waals surface area contributed by atoms with Crippen LogP contribution in [0.4, 0.5) is 13.2 Å². The van der Waals surface area contributed by atoms with Crippen molar-refractivity contribution in [2.75, 3.05) is 0 Å². The maximum Gasteiger partial charge on any atom is 0.387 e. The van der Waals surface area contributed by atoms with E-state index in [4.69, 9.17) is 4.74 Å². The number of rotatable bonds is 7. The number of alkyl halides is 2. The van der Waals surface area contributed by atoms with Crippen LogP contribution in [0.3, 0.4) is 0 Å². The fraction of sp³-hybridized carbons (Fsp3) is 0.409. The Morgan fingerprint density at radius 1 is 1.18 bits per heavy atom. The number of ether oxygens (including phenoxy) is 2. The van der Waals surface area contributed by atoms with Crippen molar-refractivity contribution in [3.63, 3.8) is 0 Å². The fourth-order valence-corrected chi connectivity index (χ4v) is 3.74. The van der Waals surface area contributed by atoms with Gasteiger partial charge in [0.05, 0.1) is 5.92 Å². The first-order valence-electron chi connectivity index (χ1n) is 9.47. The summed E-state index contributed by atoms with van der Waals surface area (Å²) in [6, 6.07) is 6.99. The van der Waals surface area contributed by atoms with Crippen LogP contribution in [-0.2, 0) is 4.79 Å². The van der Waals surface area contributed by atoms with Gasteiger partial charge in [0.25, 0.3) is 0 Å². The molecule has 3 nitrogen and oxygen atoms in total. The van der Waals surface area contributed by atoms with E-state index in [0.29, 0.717) is 17.1 Å². The third kappa shape index (κ3) is 4.86. The molecular weight excluding hydrogens is 369 g/mol. The van der Waals surface area contributed by atoms with Crippen molar-refractivity contribution in [3.05, 3.63) is 48.8 Å². The SMILES string of the molecule is C=CCCC1CCC(C(=O)Oc2ccc3c(F)c(OC(F)F)ccc3c2)CC1. The zero-order valence-corrected chi connectivity index (χ0v) is 15.5.